The molecule has 0 aromatic heterocycles. The van der Waals surface area contributed by atoms with Gasteiger partial charge in [0.25, 0.3) is 0 Å². The topological polar surface area (TPSA) is 118 Å². The molecule has 0 radical (unpaired) electrons. The highest BCUT2D eigenvalue weighted by Crippen LogP contribution is 2.33. The number of para-hydroxylation sites is 1. The highest BCUT2D eigenvalue weighted by Gasteiger charge is 2.36. The highest BCUT2D eigenvalue weighted by atomic mass is 32.1. The zero-order valence-corrected chi connectivity index (χ0v) is 23.5. The molecule has 0 saturated carbocycles. The Morgan fingerprint density at radius 1 is 1.05 bits per heavy atom. The van der Waals surface area contributed by atoms with Gasteiger partial charge in [0, 0.05) is 13.6 Å². The van der Waals surface area contributed by atoms with Gasteiger partial charge in [-0.2, -0.15) is 13.2 Å². The zero-order valence-electron chi connectivity index (χ0n) is 22.7. The Balaban J connectivity index is 2.36. The summed E-state index contributed by atoms with van der Waals surface area (Å²) in [6, 6.07) is 9.22. The Kier molecular flexibility index (Phi) is 10.2. The molecule has 0 fully saturated rings. The molecule has 0 aliphatic carbocycles. The molecule has 0 heterocycles. The fourth-order valence-electron chi connectivity index (χ4n) is 3.34. The zero-order chi connectivity index (χ0) is 29.6. The first-order valence-electron chi connectivity index (χ1n) is 11.8. The molecule has 2 aromatic carbocycles. The molecule has 0 aliphatic heterocycles. The summed E-state index contributed by atoms with van der Waals surface area (Å²) in [5.41, 5.74) is 4.58. The van der Waals surface area contributed by atoms with Gasteiger partial charge in [-0.1, -0.05) is 24.3 Å². The fraction of sp³-hybridized carbons (Fsp3) is 0.423. The first-order valence-corrected chi connectivity index (χ1v) is 12.3. The van der Waals surface area contributed by atoms with Gasteiger partial charge in [-0.15, -0.1) is 0 Å². The maximum atomic E-state index is 13.5. The van der Waals surface area contributed by atoms with E-state index in [0.29, 0.717) is 16.9 Å². The minimum atomic E-state index is -4.58. The summed E-state index contributed by atoms with van der Waals surface area (Å²) in [6.45, 7) is 6.32. The van der Waals surface area contributed by atoms with E-state index in [9.17, 15) is 22.8 Å². The van der Waals surface area contributed by atoms with Crippen LogP contribution in [0.5, 0.6) is 0 Å². The van der Waals surface area contributed by atoms with Gasteiger partial charge in [-0.3, -0.25) is 9.63 Å². The summed E-state index contributed by atoms with van der Waals surface area (Å²) in [4.78, 5) is 29.4. The van der Waals surface area contributed by atoms with Gasteiger partial charge in [-0.05, 0) is 69.2 Å². The van der Waals surface area contributed by atoms with Crippen LogP contribution in [0.4, 0.5) is 29.3 Å². The molecule has 0 bridgehead atoms. The van der Waals surface area contributed by atoms with Crippen LogP contribution < -0.4 is 21.7 Å². The summed E-state index contributed by atoms with van der Waals surface area (Å²) in [6.07, 6.45) is -4.58. The number of nitrogens with zero attached hydrogens (tertiary/aromatic N) is 1. The standard InChI is InChI=1S/C26H34F3N5O4S/c1-24(2,3)21(35)38-15-25(4,17-10-8-11-18(13-17)26(27,28)29)33-22(39)32-20-16(9-7-12-19(20)30)14-31-23(36)34(5)37-6/h7-13H,14-15,30H2,1-6H3,(H,31,36)(H2,32,33,39). The van der Waals surface area contributed by atoms with Crippen LogP contribution in [-0.4, -0.2) is 42.9 Å². The molecular formula is C26H34F3N5O4S. The first-order chi connectivity index (χ1) is 18.0. The van der Waals surface area contributed by atoms with E-state index in [1.54, 1.807) is 45.9 Å². The fourth-order valence-corrected chi connectivity index (χ4v) is 3.66. The molecule has 2 aromatic rings. The number of hydroxylamine groups is 2. The average Bonchev–Trinajstić information content (AvgIpc) is 2.85. The molecule has 9 nitrogen and oxygen atoms in total. The first kappa shape index (κ1) is 31.6. The average molecular weight is 570 g/mol. The molecule has 0 aliphatic rings. The summed E-state index contributed by atoms with van der Waals surface area (Å²) in [5, 5.41) is 9.64. The highest BCUT2D eigenvalue weighted by molar-refractivity contribution is 7.80. The van der Waals surface area contributed by atoms with E-state index in [-0.39, 0.29) is 23.8 Å². The van der Waals surface area contributed by atoms with Gasteiger partial charge in [0.05, 0.1) is 35.0 Å². The molecule has 0 spiro atoms. The largest absolute Gasteiger partial charge is 0.462 e. The summed E-state index contributed by atoms with van der Waals surface area (Å²) < 4.78 is 45.9. The Morgan fingerprint density at radius 3 is 2.26 bits per heavy atom. The van der Waals surface area contributed by atoms with Crippen molar-refractivity contribution >= 4 is 40.7 Å². The summed E-state index contributed by atoms with van der Waals surface area (Å²) in [5.74, 6) is -0.535. The number of carbonyl (C=O) groups is 2. The van der Waals surface area contributed by atoms with Crippen molar-refractivity contribution in [2.24, 2.45) is 5.41 Å². The van der Waals surface area contributed by atoms with E-state index in [1.807, 2.05) is 0 Å². The number of nitrogens with one attached hydrogen (secondary N) is 3. The van der Waals surface area contributed by atoms with Crippen LogP contribution >= 0.6 is 12.2 Å². The third kappa shape index (κ3) is 8.72. The number of benzene rings is 2. The van der Waals surface area contributed by atoms with Crippen LogP contribution in [0.2, 0.25) is 0 Å². The SMILES string of the molecule is CON(C)C(=O)NCc1cccc(N)c1NC(=S)NC(C)(COC(=O)C(C)(C)C)c1cccc(C(F)(F)F)c1. The van der Waals surface area contributed by atoms with Crippen molar-refractivity contribution < 1.29 is 32.3 Å². The van der Waals surface area contributed by atoms with Crippen LogP contribution in [0.25, 0.3) is 0 Å². The molecule has 1 atom stereocenters. The third-order valence-corrected chi connectivity index (χ3v) is 5.94. The summed E-state index contributed by atoms with van der Waals surface area (Å²) >= 11 is 5.50. The minimum absolute atomic E-state index is 0.00112. The molecular weight excluding hydrogens is 535 g/mol. The Morgan fingerprint density at radius 2 is 1.67 bits per heavy atom. The number of anilines is 2. The van der Waals surface area contributed by atoms with Gasteiger partial charge < -0.3 is 26.4 Å². The van der Waals surface area contributed by atoms with E-state index in [4.69, 9.17) is 27.5 Å². The number of ether oxygens (including phenoxy) is 1. The maximum Gasteiger partial charge on any atom is 0.416 e. The van der Waals surface area contributed by atoms with Crippen molar-refractivity contribution in [3.05, 3.63) is 59.2 Å². The molecule has 2 amide bonds. The smallest absolute Gasteiger partial charge is 0.416 e. The lowest BCUT2D eigenvalue weighted by molar-refractivity contribution is -0.155. The number of nitrogens with two attached hydrogens (primary N) is 1. The Hall–Kier alpha value is -3.58. The van der Waals surface area contributed by atoms with Crippen LogP contribution in [0, 0.1) is 5.41 Å². The van der Waals surface area contributed by atoms with Gasteiger partial charge in [0.1, 0.15) is 6.61 Å². The van der Waals surface area contributed by atoms with Crippen LogP contribution in [0.3, 0.4) is 0 Å². The van der Waals surface area contributed by atoms with Crippen LogP contribution in [-0.2, 0) is 32.6 Å². The van der Waals surface area contributed by atoms with Crippen molar-refractivity contribution in [2.45, 2.75) is 46.0 Å². The van der Waals surface area contributed by atoms with Crippen molar-refractivity contribution in [2.75, 3.05) is 31.8 Å². The lowest BCUT2D eigenvalue weighted by Gasteiger charge is -2.34. The molecule has 1 unspecified atom stereocenters. The number of esters is 1. The molecule has 2 rings (SSSR count). The second kappa shape index (κ2) is 12.5. The van der Waals surface area contributed by atoms with E-state index in [2.05, 4.69) is 16.0 Å². The van der Waals surface area contributed by atoms with Crippen molar-refractivity contribution in [3.63, 3.8) is 0 Å². The third-order valence-electron chi connectivity index (χ3n) is 5.73. The molecule has 5 N–H and O–H groups in total. The predicted octanol–water partition coefficient (Wildman–Crippen LogP) is 4.78. The lowest BCUT2D eigenvalue weighted by atomic mass is 9.91. The number of amides is 2. The number of nitrogen functional groups attached to an aromatic ring is 1. The van der Waals surface area contributed by atoms with E-state index < -0.39 is 34.7 Å². The Labute approximate surface area is 231 Å². The van der Waals surface area contributed by atoms with Gasteiger partial charge in [0.2, 0.25) is 0 Å². The number of hydrogen-bond donors (Lipinski definition) is 4. The summed E-state index contributed by atoms with van der Waals surface area (Å²) in [7, 11) is 2.78. The van der Waals surface area contributed by atoms with Crippen molar-refractivity contribution in [3.8, 4) is 0 Å². The monoisotopic (exact) mass is 569 g/mol. The molecule has 13 heteroatoms. The number of hydrogen-bond acceptors (Lipinski definition) is 6. The lowest BCUT2D eigenvalue weighted by Crippen LogP contribution is -2.49. The predicted molar refractivity (Wildman–Crippen MR) is 146 cm³/mol. The van der Waals surface area contributed by atoms with E-state index >= 15 is 0 Å². The number of rotatable bonds is 8. The molecule has 39 heavy (non-hydrogen) atoms. The van der Waals surface area contributed by atoms with Gasteiger partial charge >= 0.3 is 18.2 Å². The molecule has 214 valence electrons. The van der Waals surface area contributed by atoms with Crippen molar-refractivity contribution in [1.82, 2.24) is 15.7 Å². The second-order valence-electron chi connectivity index (χ2n) is 10.0. The second-order valence-corrected chi connectivity index (χ2v) is 10.4. The Bertz CT molecular complexity index is 1200. The van der Waals surface area contributed by atoms with Gasteiger partial charge in [0.15, 0.2) is 5.11 Å². The number of halogens is 3. The number of urea groups is 1. The van der Waals surface area contributed by atoms with Crippen molar-refractivity contribution in [1.29, 1.82) is 0 Å². The maximum absolute atomic E-state index is 13.5. The van der Waals surface area contributed by atoms with Crippen LogP contribution in [0.15, 0.2) is 42.5 Å². The number of thiocarbonyl (C=S) groups is 1. The number of carbonyl (C=O) groups excluding carboxylic acids is 2. The molecule has 0 saturated heterocycles. The minimum Gasteiger partial charge on any atom is -0.462 e. The van der Waals surface area contributed by atoms with Gasteiger partial charge in [-0.25, -0.2) is 9.86 Å². The normalized spacial score (nSPS) is 13.2. The quantitative estimate of drug-likeness (QED) is 0.155. The van der Waals surface area contributed by atoms with Crippen LogP contribution in [0.1, 0.15) is 44.4 Å². The van der Waals surface area contributed by atoms with E-state index in [1.165, 1.54) is 26.3 Å². The number of alkyl halides is 3. The van der Waals surface area contributed by atoms with E-state index in [0.717, 1.165) is 17.2 Å².